The summed E-state index contributed by atoms with van der Waals surface area (Å²) in [6.07, 6.45) is 6.08. The first-order valence-electron chi connectivity index (χ1n) is 6.31. The molecule has 2 aromatic heterocycles. The maximum Gasteiger partial charge on any atom is 0.125 e. The Labute approximate surface area is 111 Å². The Bertz CT molecular complexity index is 548. The van der Waals surface area contributed by atoms with Crippen LogP contribution in [0.4, 0.5) is 0 Å². The summed E-state index contributed by atoms with van der Waals surface area (Å²) in [6.45, 7) is 2.82. The topological polar surface area (TPSA) is 39.9 Å². The van der Waals surface area contributed by atoms with E-state index >= 15 is 0 Å². The zero-order valence-corrected chi connectivity index (χ0v) is 11.1. The summed E-state index contributed by atoms with van der Waals surface area (Å²) in [5.41, 5.74) is 2.05. The van der Waals surface area contributed by atoms with E-state index in [1.165, 1.54) is 0 Å². The standard InChI is InChI=1S/C13H16ClN3O/c1-2-18-10-5-9(6-10)17-12-3-4-15-8-11(12)16-13(17)7-14/h3-4,8-10H,2,5-7H2,1H3. The Morgan fingerprint density at radius 1 is 1.50 bits per heavy atom. The molecule has 0 aromatic carbocycles. The van der Waals surface area contributed by atoms with Crippen molar-refractivity contribution in [2.24, 2.45) is 0 Å². The number of ether oxygens (including phenoxy) is 1. The Balaban J connectivity index is 1.91. The normalized spacial score (nSPS) is 23.2. The minimum absolute atomic E-state index is 0.391. The molecule has 0 bridgehead atoms. The van der Waals surface area contributed by atoms with E-state index in [-0.39, 0.29) is 0 Å². The number of rotatable bonds is 4. The molecule has 1 aliphatic rings. The van der Waals surface area contributed by atoms with Crippen molar-refractivity contribution in [1.82, 2.24) is 14.5 Å². The molecular weight excluding hydrogens is 250 g/mol. The highest BCUT2D eigenvalue weighted by Gasteiger charge is 2.33. The van der Waals surface area contributed by atoms with Crippen molar-refractivity contribution in [3.05, 3.63) is 24.3 Å². The summed E-state index contributed by atoms with van der Waals surface area (Å²) in [6, 6.07) is 2.47. The van der Waals surface area contributed by atoms with Gasteiger partial charge < -0.3 is 9.30 Å². The fraction of sp³-hybridized carbons (Fsp3) is 0.538. The molecule has 0 atom stereocenters. The molecule has 5 heteroatoms. The second kappa shape index (κ2) is 4.86. The van der Waals surface area contributed by atoms with Crippen molar-refractivity contribution in [1.29, 1.82) is 0 Å². The fourth-order valence-electron chi connectivity index (χ4n) is 2.62. The van der Waals surface area contributed by atoms with Crippen molar-refractivity contribution < 1.29 is 4.74 Å². The quantitative estimate of drug-likeness (QED) is 0.798. The van der Waals surface area contributed by atoms with Gasteiger partial charge in [0.2, 0.25) is 0 Å². The number of fused-ring (bicyclic) bond motifs is 1. The minimum atomic E-state index is 0.391. The van der Waals surface area contributed by atoms with E-state index < -0.39 is 0 Å². The number of alkyl halides is 1. The number of hydrogen-bond acceptors (Lipinski definition) is 3. The molecule has 0 unspecified atom stereocenters. The maximum atomic E-state index is 5.99. The number of aromatic nitrogens is 3. The first kappa shape index (κ1) is 11.9. The third kappa shape index (κ3) is 1.89. The van der Waals surface area contributed by atoms with Crippen LogP contribution in [0, 0.1) is 0 Å². The van der Waals surface area contributed by atoms with Crippen LogP contribution in [0.25, 0.3) is 11.0 Å². The molecule has 96 valence electrons. The third-order valence-electron chi connectivity index (χ3n) is 3.52. The lowest BCUT2D eigenvalue weighted by molar-refractivity contribution is -0.0192. The Kier molecular flexibility index (Phi) is 3.22. The molecule has 0 saturated heterocycles. The summed E-state index contributed by atoms with van der Waals surface area (Å²) < 4.78 is 7.86. The molecule has 1 aliphatic carbocycles. The number of halogens is 1. The van der Waals surface area contributed by atoms with Gasteiger partial charge in [-0.1, -0.05) is 0 Å². The van der Waals surface area contributed by atoms with Crippen LogP contribution in [0.5, 0.6) is 0 Å². The molecule has 4 nitrogen and oxygen atoms in total. The largest absolute Gasteiger partial charge is 0.378 e. The second-order valence-electron chi connectivity index (χ2n) is 4.60. The number of nitrogens with zero attached hydrogens (tertiary/aromatic N) is 3. The molecule has 1 saturated carbocycles. The van der Waals surface area contributed by atoms with Gasteiger partial charge in [0.1, 0.15) is 11.3 Å². The summed E-state index contributed by atoms with van der Waals surface area (Å²) in [4.78, 5) is 8.64. The van der Waals surface area contributed by atoms with Crippen molar-refractivity contribution in [3.63, 3.8) is 0 Å². The number of imidazole rings is 1. The highest BCUT2D eigenvalue weighted by molar-refractivity contribution is 6.16. The van der Waals surface area contributed by atoms with Crippen LogP contribution in [0.3, 0.4) is 0 Å². The van der Waals surface area contributed by atoms with E-state index in [4.69, 9.17) is 16.3 Å². The molecule has 18 heavy (non-hydrogen) atoms. The number of pyridine rings is 1. The lowest BCUT2D eigenvalue weighted by Crippen LogP contribution is -2.34. The van der Waals surface area contributed by atoms with Crippen LogP contribution in [0.1, 0.15) is 31.6 Å². The molecule has 0 aliphatic heterocycles. The van der Waals surface area contributed by atoms with E-state index in [2.05, 4.69) is 14.5 Å². The Morgan fingerprint density at radius 2 is 2.33 bits per heavy atom. The van der Waals surface area contributed by atoms with Gasteiger partial charge in [-0.3, -0.25) is 4.98 Å². The smallest absolute Gasteiger partial charge is 0.125 e. The molecular formula is C13H16ClN3O. The van der Waals surface area contributed by atoms with Gasteiger partial charge in [-0.2, -0.15) is 0 Å². The fourth-order valence-corrected chi connectivity index (χ4v) is 2.81. The molecule has 0 radical (unpaired) electrons. The average molecular weight is 266 g/mol. The summed E-state index contributed by atoms with van der Waals surface area (Å²) >= 11 is 5.99. The van der Waals surface area contributed by atoms with E-state index in [9.17, 15) is 0 Å². The molecule has 3 rings (SSSR count). The lowest BCUT2D eigenvalue weighted by atomic mass is 9.88. The SMILES string of the molecule is CCOC1CC(n2c(CCl)nc3cnccc32)C1. The van der Waals surface area contributed by atoms with Gasteiger partial charge in [0, 0.05) is 18.8 Å². The van der Waals surface area contributed by atoms with Gasteiger partial charge in [-0.15, -0.1) is 11.6 Å². The van der Waals surface area contributed by atoms with Crippen LogP contribution in [-0.4, -0.2) is 27.2 Å². The van der Waals surface area contributed by atoms with Crippen LogP contribution in [-0.2, 0) is 10.6 Å². The van der Waals surface area contributed by atoms with Crippen LogP contribution in [0.15, 0.2) is 18.5 Å². The highest BCUT2D eigenvalue weighted by Crippen LogP contribution is 2.37. The van der Waals surface area contributed by atoms with Gasteiger partial charge in [-0.05, 0) is 25.8 Å². The zero-order valence-electron chi connectivity index (χ0n) is 10.3. The third-order valence-corrected chi connectivity index (χ3v) is 3.76. The first-order valence-corrected chi connectivity index (χ1v) is 6.85. The first-order chi connectivity index (χ1) is 8.83. The van der Waals surface area contributed by atoms with Gasteiger partial charge in [0.05, 0.1) is 23.7 Å². The summed E-state index contributed by atoms with van der Waals surface area (Å²) in [5, 5.41) is 0. The van der Waals surface area contributed by atoms with E-state index in [1.54, 1.807) is 12.4 Å². The molecule has 0 N–H and O–H groups in total. The van der Waals surface area contributed by atoms with Gasteiger partial charge >= 0.3 is 0 Å². The van der Waals surface area contributed by atoms with Crippen LogP contribution >= 0.6 is 11.6 Å². The minimum Gasteiger partial charge on any atom is -0.378 e. The average Bonchev–Trinajstić information content (AvgIpc) is 2.71. The number of hydrogen-bond donors (Lipinski definition) is 0. The van der Waals surface area contributed by atoms with Gasteiger partial charge in [0.25, 0.3) is 0 Å². The Morgan fingerprint density at radius 3 is 3.06 bits per heavy atom. The highest BCUT2D eigenvalue weighted by atomic mass is 35.5. The Hall–Kier alpha value is -1.13. The monoisotopic (exact) mass is 265 g/mol. The van der Waals surface area contributed by atoms with Crippen LogP contribution < -0.4 is 0 Å². The van der Waals surface area contributed by atoms with Gasteiger partial charge in [-0.25, -0.2) is 4.98 Å². The predicted molar refractivity (Wildman–Crippen MR) is 70.8 cm³/mol. The van der Waals surface area contributed by atoms with Crippen LogP contribution in [0.2, 0.25) is 0 Å². The summed E-state index contributed by atoms with van der Waals surface area (Å²) in [7, 11) is 0. The van der Waals surface area contributed by atoms with E-state index in [0.29, 0.717) is 18.0 Å². The van der Waals surface area contributed by atoms with Crippen molar-refractivity contribution in [2.75, 3.05) is 6.61 Å². The predicted octanol–water partition coefficient (Wildman–Crippen LogP) is 2.91. The van der Waals surface area contributed by atoms with Gasteiger partial charge in [0.15, 0.2) is 0 Å². The molecule has 1 fully saturated rings. The maximum absolute atomic E-state index is 5.99. The summed E-state index contributed by atoms with van der Waals surface area (Å²) in [5.74, 6) is 1.37. The molecule has 2 heterocycles. The second-order valence-corrected chi connectivity index (χ2v) is 4.87. The lowest BCUT2D eigenvalue weighted by Gasteiger charge is -2.36. The van der Waals surface area contributed by atoms with Crippen molar-refractivity contribution in [2.45, 2.75) is 37.8 Å². The zero-order chi connectivity index (χ0) is 12.5. The van der Waals surface area contributed by atoms with E-state index in [1.807, 2.05) is 13.0 Å². The molecule has 0 spiro atoms. The van der Waals surface area contributed by atoms with Crippen molar-refractivity contribution >= 4 is 22.6 Å². The molecule has 2 aromatic rings. The van der Waals surface area contributed by atoms with E-state index in [0.717, 1.165) is 36.3 Å². The van der Waals surface area contributed by atoms with Crippen molar-refractivity contribution in [3.8, 4) is 0 Å². The molecule has 0 amide bonds.